The highest BCUT2D eigenvalue weighted by Crippen LogP contribution is 2.47. The first kappa shape index (κ1) is 32.2. The van der Waals surface area contributed by atoms with E-state index in [-0.39, 0.29) is 0 Å². The van der Waals surface area contributed by atoms with Gasteiger partial charge in [0.05, 0.1) is 0 Å². The standard InChI is InChI=1S/C56H34S/c1-2-13-35(14-3-1)41-31-32-49(44-20-7-6-19-43(41)44)54-47-23-10-8-21-45(47)53(46-22-9-11-24-48(46)54)40-17-12-16-38(33-40)39-26-25-37-28-30-51-50-29-27-36-15-4-5-18-42(36)55(50)57-56(51)52(37)34-39/h1-34H. The van der Waals surface area contributed by atoms with Crippen LogP contribution in [-0.2, 0) is 0 Å². The maximum atomic E-state index is 2.41. The van der Waals surface area contributed by atoms with Gasteiger partial charge in [-0.1, -0.05) is 194 Å². The molecule has 0 atom stereocenters. The van der Waals surface area contributed by atoms with Crippen molar-refractivity contribution in [3.8, 4) is 44.5 Å². The molecule has 0 bridgehead atoms. The van der Waals surface area contributed by atoms with Crippen molar-refractivity contribution in [3.63, 3.8) is 0 Å². The van der Waals surface area contributed by atoms with E-state index < -0.39 is 0 Å². The van der Waals surface area contributed by atoms with Crippen LogP contribution in [0.2, 0.25) is 0 Å². The molecule has 0 radical (unpaired) electrons. The largest absolute Gasteiger partial charge is 0.134 e. The predicted octanol–water partition coefficient (Wildman–Crippen LogP) is 16.5. The minimum atomic E-state index is 1.22. The lowest BCUT2D eigenvalue weighted by molar-refractivity contribution is 1.63. The Hall–Kier alpha value is -7.06. The summed E-state index contributed by atoms with van der Waals surface area (Å²) in [6, 6.07) is 76.4. The topological polar surface area (TPSA) is 0 Å². The Morgan fingerprint density at radius 3 is 1.40 bits per heavy atom. The highest BCUT2D eigenvalue weighted by atomic mass is 32.1. The van der Waals surface area contributed by atoms with E-state index in [9.17, 15) is 0 Å². The van der Waals surface area contributed by atoms with E-state index in [0.29, 0.717) is 0 Å². The van der Waals surface area contributed by atoms with E-state index in [1.54, 1.807) is 0 Å². The lowest BCUT2D eigenvalue weighted by Gasteiger charge is -2.20. The number of fused-ring (bicyclic) bond motifs is 10. The summed E-state index contributed by atoms with van der Waals surface area (Å²) < 4.78 is 2.72. The van der Waals surface area contributed by atoms with Crippen LogP contribution in [0.15, 0.2) is 206 Å². The molecule has 264 valence electrons. The Morgan fingerprint density at radius 1 is 0.228 bits per heavy atom. The molecular formula is C56H34S. The minimum absolute atomic E-state index is 1.22. The zero-order valence-corrected chi connectivity index (χ0v) is 31.9. The van der Waals surface area contributed by atoms with Gasteiger partial charge in [-0.15, -0.1) is 11.3 Å². The summed E-state index contributed by atoms with van der Waals surface area (Å²) in [5, 5.41) is 15.5. The first-order chi connectivity index (χ1) is 28.3. The van der Waals surface area contributed by atoms with Gasteiger partial charge >= 0.3 is 0 Å². The molecule has 12 aromatic rings. The van der Waals surface area contributed by atoms with Crippen molar-refractivity contribution in [2.75, 3.05) is 0 Å². The third-order valence-corrected chi connectivity index (χ3v) is 13.3. The molecule has 0 aliphatic rings. The average Bonchev–Trinajstić information content (AvgIpc) is 3.68. The van der Waals surface area contributed by atoms with E-state index in [0.717, 1.165) is 0 Å². The summed E-state index contributed by atoms with van der Waals surface area (Å²) in [7, 11) is 0. The van der Waals surface area contributed by atoms with Crippen molar-refractivity contribution >= 4 is 85.4 Å². The van der Waals surface area contributed by atoms with Gasteiger partial charge in [-0.3, -0.25) is 0 Å². The van der Waals surface area contributed by atoms with Gasteiger partial charge in [0.15, 0.2) is 0 Å². The maximum Gasteiger partial charge on any atom is 0.0434 e. The van der Waals surface area contributed by atoms with Gasteiger partial charge in [0.2, 0.25) is 0 Å². The molecule has 0 amide bonds. The van der Waals surface area contributed by atoms with Crippen molar-refractivity contribution in [1.29, 1.82) is 0 Å². The second-order valence-electron chi connectivity index (χ2n) is 15.1. The fraction of sp³-hybridized carbons (Fsp3) is 0. The number of hydrogen-bond acceptors (Lipinski definition) is 1. The van der Waals surface area contributed by atoms with Crippen LogP contribution in [0.5, 0.6) is 0 Å². The summed E-state index contributed by atoms with van der Waals surface area (Å²) >= 11 is 1.93. The molecule has 12 rings (SSSR count). The summed E-state index contributed by atoms with van der Waals surface area (Å²) in [4.78, 5) is 0. The molecule has 0 saturated heterocycles. The zero-order chi connectivity index (χ0) is 37.5. The Balaban J connectivity index is 1.05. The normalized spacial score (nSPS) is 11.9. The quantitative estimate of drug-likeness (QED) is 0.158. The van der Waals surface area contributed by atoms with Crippen LogP contribution in [0.3, 0.4) is 0 Å². The SMILES string of the molecule is c1ccc(-c2ccc(-c3c4ccccc4c(-c4cccc(-c5ccc6ccc7c8ccc9ccccc9c8sc7c6c5)c4)c4ccccc34)c3ccccc23)cc1. The summed E-state index contributed by atoms with van der Waals surface area (Å²) in [5.41, 5.74) is 9.98. The van der Waals surface area contributed by atoms with Gasteiger partial charge in [-0.05, 0) is 105 Å². The molecule has 0 aliphatic carbocycles. The molecule has 0 N–H and O–H groups in total. The highest BCUT2D eigenvalue weighted by molar-refractivity contribution is 7.27. The van der Waals surface area contributed by atoms with Crippen molar-refractivity contribution in [3.05, 3.63) is 206 Å². The van der Waals surface area contributed by atoms with Gasteiger partial charge < -0.3 is 0 Å². The van der Waals surface area contributed by atoms with E-state index in [2.05, 4.69) is 206 Å². The Kier molecular flexibility index (Phi) is 7.20. The van der Waals surface area contributed by atoms with Crippen LogP contribution in [0.25, 0.3) is 119 Å². The molecule has 57 heavy (non-hydrogen) atoms. The average molecular weight is 739 g/mol. The molecule has 1 aromatic heterocycles. The van der Waals surface area contributed by atoms with E-state index in [1.165, 1.54) is 119 Å². The number of thiophene rings is 1. The van der Waals surface area contributed by atoms with E-state index >= 15 is 0 Å². The number of benzene rings is 11. The van der Waals surface area contributed by atoms with Crippen LogP contribution >= 0.6 is 11.3 Å². The van der Waals surface area contributed by atoms with Gasteiger partial charge in [-0.2, -0.15) is 0 Å². The minimum Gasteiger partial charge on any atom is -0.134 e. The molecule has 11 aromatic carbocycles. The monoisotopic (exact) mass is 738 g/mol. The molecule has 1 heterocycles. The van der Waals surface area contributed by atoms with Crippen LogP contribution < -0.4 is 0 Å². The van der Waals surface area contributed by atoms with Crippen LogP contribution in [-0.4, -0.2) is 0 Å². The third kappa shape index (κ3) is 4.99. The van der Waals surface area contributed by atoms with Gasteiger partial charge in [0.1, 0.15) is 0 Å². The van der Waals surface area contributed by atoms with E-state index in [4.69, 9.17) is 0 Å². The molecule has 0 spiro atoms. The van der Waals surface area contributed by atoms with Gasteiger partial charge in [0, 0.05) is 25.6 Å². The summed E-state index contributed by atoms with van der Waals surface area (Å²) in [6.45, 7) is 0. The van der Waals surface area contributed by atoms with Gasteiger partial charge in [0.25, 0.3) is 0 Å². The fourth-order valence-electron chi connectivity index (χ4n) is 9.43. The van der Waals surface area contributed by atoms with Crippen molar-refractivity contribution in [2.45, 2.75) is 0 Å². The maximum absolute atomic E-state index is 2.41. The van der Waals surface area contributed by atoms with Crippen LogP contribution in [0, 0.1) is 0 Å². The molecule has 0 fully saturated rings. The zero-order valence-electron chi connectivity index (χ0n) is 31.0. The molecular weight excluding hydrogens is 705 g/mol. The van der Waals surface area contributed by atoms with Crippen molar-refractivity contribution < 1.29 is 0 Å². The lowest BCUT2D eigenvalue weighted by atomic mass is 9.83. The van der Waals surface area contributed by atoms with Crippen molar-refractivity contribution in [1.82, 2.24) is 0 Å². The molecule has 1 heteroatoms. The lowest BCUT2D eigenvalue weighted by Crippen LogP contribution is -1.92. The number of hydrogen-bond donors (Lipinski definition) is 0. The Labute approximate surface area is 334 Å². The molecule has 0 saturated carbocycles. The molecule has 0 aliphatic heterocycles. The van der Waals surface area contributed by atoms with Crippen LogP contribution in [0.1, 0.15) is 0 Å². The smallest absolute Gasteiger partial charge is 0.0434 e. The Morgan fingerprint density at radius 2 is 0.702 bits per heavy atom. The second-order valence-corrected chi connectivity index (χ2v) is 16.2. The van der Waals surface area contributed by atoms with Gasteiger partial charge in [-0.25, -0.2) is 0 Å². The molecule has 0 unspecified atom stereocenters. The predicted molar refractivity (Wildman–Crippen MR) is 249 cm³/mol. The number of rotatable bonds is 4. The summed E-state index contributed by atoms with van der Waals surface area (Å²) in [5.74, 6) is 0. The Bertz CT molecular complexity index is 3510. The second kappa shape index (κ2) is 12.7. The summed E-state index contributed by atoms with van der Waals surface area (Å²) in [6.07, 6.45) is 0. The third-order valence-electron chi connectivity index (χ3n) is 12.0. The van der Waals surface area contributed by atoms with Crippen LogP contribution in [0.4, 0.5) is 0 Å². The van der Waals surface area contributed by atoms with Crippen molar-refractivity contribution in [2.24, 2.45) is 0 Å². The molecule has 0 nitrogen and oxygen atoms in total. The first-order valence-corrected chi connectivity index (χ1v) is 20.5. The fourth-order valence-corrected chi connectivity index (χ4v) is 10.8. The van der Waals surface area contributed by atoms with E-state index in [1.807, 2.05) is 11.3 Å². The first-order valence-electron chi connectivity index (χ1n) is 19.7. The highest BCUT2D eigenvalue weighted by Gasteiger charge is 2.20.